The van der Waals surface area contributed by atoms with Gasteiger partial charge in [0, 0.05) is 38.4 Å². The third-order valence-corrected chi connectivity index (χ3v) is 6.14. The third-order valence-electron chi connectivity index (χ3n) is 4.27. The summed E-state index contributed by atoms with van der Waals surface area (Å²) < 4.78 is 26.5. The van der Waals surface area contributed by atoms with Crippen molar-refractivity contribution in [1.82, 2.24) is 9.21 Å². The lowest BCUT2D eigenvalue weighted by atomic mass is 10.1. The highest BCUT2D eigenvalue weighted by molar-refractivity contribution is 7.89. The van der Waals surface area contributed by atoms with Gasteiger partial charge in [0.25, 0.3) is 0 Å². The van der Waals surface area contributed by atoms with Crippen molar-refractivity contribution in [1.29, 1.82) is 0 Å². The number of para-hydroxylation sites is 1. The lowest BCUT2D eigenvalue weighted by Gasteiger charge is -2.38. The van der Waals surface area contributed by atoms with Gasteiger partial charge in [-0.25, -0.2) is 12.7 Å². The first-order valence-electron chi connectivity index (χ1n) is 7.80. The lowest BCUT2D eigenvalue weighted by molar-refractivity contribution is 0.317. The standard InChI is InChI=1S/C16H27N3O2S/c1-17(2)12-13-22(20,21)18(3)16-10-7-11-19(14-16)15-8-5-4-6-9-15/h4-6,8-9,16H,7,10-14H2,1-3H3/t16-/m0/s1. The summed E-state index contributed by atoms with van der Waals surface area (Å²) in [4.78, 5) is 4.19. The smallest absolute Gasteiger partial charge is 0.215 e. The zero-order valence-electron chi connectivity index (χ0n) is 13.8. The molecule has 0 amide bonds. The maximum atomic E-state index is 12.5. The first-order chi connectivity index (χ1) is 10.4. The van der Waals surface area contributed by atoms with Crippen LogP contribution >= 0.6 is 0 Å². The van der Waals surface area contributed by atoms with Crippen molar-refractivity contribution in [3.63, 3.8) is 0 Å². The van der Waals surface area contributed by atoms with Crippen LogP contribution in [0.5, 0.6) is 0 Å². The number of benzene rings is 1. The first kappa shape index (κ1) is 17.2. The van der Waals surface area contributed by atoms with Crippen LogP contribution in [0.4, 0.5) is 5.69 Å². The van der Waals surface area contributed by atoms with Gasteiger partial charge >= 0.3 is 0 Å². The Hall–Kier alpha value is -1.11. The van der Waals surface area contributed by atoms with Gasteiger partial charge < -0.3 is 9.80 Å². The molecule has 0 aliphatic carbocycles. The van der Waals surface area contributed by atoms with Crippen molar-refractivity contribution in [2.24, 2.45) is 0 Å². The largest absolute Gasteiger partial charge is 0.370 e. The molecule has 1 atom stereocenters. The van der Waals surface area contributed by atoms with Crippen LogP contribution in [-0.4, -0.2) is 70.2 Å². The molecule has 124 valence electrons. The predicted molar refractivity (Wildman–Crippen MR) is 91.8 cm³/mol. The quantitative estimate of drug-likeness (QED) is 0.795. The second kappa shape index (κ2) is 7.44. The van der Waals surface area contributed by atoms with E-state index < -0.39 is 10.0 Å². The van der Waals surface area contributed by atoms with Crippen LogP contribution in [0, 0.1) is 0 Å². The minimum atomic E-state index is -3.20. The Morgan fingerprint density at radius 1 is 1.18 bits per heavy atom. The summed E-state index contributed by atoms with van der Waals surface area (Å²) in [5.74, 6) is 0.179. The fourth-order valence-corrected chi connectivity index (χ4v) is 4.30. The molecule has 1 aliphatic rings. The molecule has 1 heterocycles. The summed E-state index contributed by atoms with van der Waals surface area (Å²) in [6, 6.07) is 10.3. The predicted octanol–water partition coefficient (Wildman–Crippen LogP) is 1.48. The molecular weight excluding hydrogens is 298 g/mol. The number of piperidine rings is 1. The van der Waals surface area contributed by atoms with E-state index in [-0.39, 0.29) is 11.8 Å². The summed E-state index contributed by atoms with van der Waals surface area (Å²) >= 11 is 0. The second-order valence-electron chi connectivity index (χ2n) is 6.21. The number of hydrogen-bond donors (Lipinski definition) is 0. The van der Waals surface area contributed by atoms with Crippen molar-refractivity contribution in [3.05, 3.63) is 30.3 Å². The van der Waals surface area contributed by atoms with Crippen molar-refractivity contribution in [2.45, 2.75) is 18.9 Å². The number of nitrogens with zero attached hydrogens (tertiary/aromatic N) is 3. The molecule has 0 unspecified atom stereocenters. The van der Waals surface area contributed by atoms with E-state index >= 15 is 0 Å². The monoisotopic (exact) mass is 325 g/mol. The summed E-state index contributed by atoms with van der Waals surface area (Å²) in [7, 11) is 2.32. The molecule has 1 aromatic carbocycles. The van der Waals surface area contributed by atoms with Crippen LogP contribution in [0.15, 0.2) is 30.3 Å². The van der Waals surface area contributed by atoms with Crippen molar-refractivity contribution in [3.8, 4) is 0 Å². The van der Waals surface area contributed by atoms with E-state index in [0.717, 1.165) is 25.9 Å². The Morgan fingerprint density at radius 2 is 1.86 bits per heavy atom. The van der Waals surface area contributed by atoms with E-state index in [1.165, 1.54) is 5.69 Å². The molecule has 0 radical (unpaired) electrons. The molecule has 0 N–H and O–H groups in total. The molecule has 0 spiro atoms. The average Bonchev–Trinajstić information content (AvgIpc) is 2.53. The Morgan fingerprint density at radius 3 is 2.50 bits per heavy atom. The van der Waals surface area contributed by atoms with E-state index in [1.807, 2.05) is 37.2 Å². The van der Waals surface area contributed by atoms with Crippen LogP contribution in [-0.2, 0) is 10.0 Å². The zero-order valence-corrected chi connectivity index (χ0v) is 14.6. The van der Waals surface area contributed by atoms with Crippen LogP contribution in [0.1, 0.15) is 12.8 Å². The van der Waals surface area contributed by atoms with E-state index in [9.17, 15) is 8.42 Å². The maximum absolute atomic E-state index is 12.5. The molecule has 6 heteroatoms. The first-order valence-corrected chi connectivity index (χ1v) is 9.41. The van der Waals surface area contributed by atoms with Gasteiger partial charge in [0.1, 0.15) is 0 Å². The molecule has 0 aromatic heterocycles. The molecule has 1 aromatic rings. The van der Waals surface area contributed by atoms with E-state index in [4.69, 9.17) is 0 Å². The molecule has 22 heavy (non-hydrogen) atoms. The lowest BCUT2D eigenvalue weighted by Crippen LogP contribution is -2.49. The zero-order chi connectivity index (χ0) is 16.2. The summed E-state index contributed by atoms with van der Waals surface area (Å²) in [5.41, 5.74) is 1.17. The maximum Gasteiger partial charge on any atom is 0.215 e. The molecular formula is C16H27N3O2S. The Kier molecular flexibility index (Phi) is 5.83. The van der Waals surface area contributed by atoms with Gasteiger partial charge in [0.2, 0.25) is 10.0 Å². The fourth-order valence-electron chi connectivity index (χ4n) is 2.79. The minimum Gasteiger partial charge on any atom is -0.370 e. The van der Waals surface area contributed by atoms with E-state index in [1.54, 1.807) is 11.4 Å². The van der Waals surface area contributed by atoms with Gasteiger partial charge in [-0.05, 0) is 39.1 Å². The fraction of sp³-hybridized carbons (Fsp3) is 0.625. The summed E-state index contributed by atoms with van der Waals surface area (Å²) in [5, 5.41) is 0. The summed E-state index contributed by atoms with van der Waals surface area (Å²) in [6.07, 6.45) is 1.95. The molecule has 0 saturated carbocycles. The Labute approximate surface area is 134 Å². The third kappa shape index (κ3) is 4.44. The molecule has 2 rings (SSSR count). The Balaban J connectivity index is 2.02. The second-order valence-corrected chi connectivity index (χ2v) is 8.36. The number of sulfonamides is 1. The number of anilines is 1. The SMILES string of the molecule is CN(C)CCS(=O)(=O)N(C)[C@H]1CCCN(c2ccccc2)C1. The van der Waals surface area contributed by atoms with Crippen LogP contribution < -0.4 is 4.90 Å². The van der Waals surface area contributed by atoms with Gasteiger partial charge in [0.15, 0.2) is 0 Å². The highest BCUT2D eigenvalue weighted by atomic mass is 32.2. The average molecular weight is 325 g/mol. The molecule has 0 bridgehead atoms. The molecule has 5 nitrogen and oxygen atoms in total. The molecule has 1 saturated heterocycles. The van der Waals surface area contributed by atoms with Gasteiger partial charge in [-0.3, -0.25) is 0 Å². The van der Waals surface area contributed by atoms with Crippen molar-refractivity contribution < 1.29 is 8.42 Å². The van der Waals surface area contributed by atoms with Crippen molar-refractivity contribution in [2.75, 3.05) is 51.4 Å². The van der Waals surface area contributed by atoms with Gasteiger partial charge in [-0.1, -0.05) is 18.2 Å². The number of hydrogen-bond acceptors (Lipinski definition) is 4. The van der Waals surface area contributed by atoms with Gasteiger partial charge in [0.05, 0.1) is 5.75 Å². The van der Waals surface area contributed by atoms with Crippen LogP contribution in [0.25, 0.3) is 0 Å². The minimum absolute atomic E-state index is 0.0566. The highest BCUT2D eigenvalue weighted by Gasteiger charge is 2.30. The highest BCUT2D eigenvalue weighted by Crippen LogP contribution is 2.23. The van der Waals surface area contributed by atoms with E-state index in [0.29, 0.717) is 6.54 Å². The van der Waals surface area contributed by atoms with Crippen molar-refractivity contribution >= 4 is 15.7 Å². The number of rotatable bonds is 6. The Bertz CT molecular complexity index is 560. The van der Waals surface area contributed by atoms with E-state index in [2.05, 4.69) is 17.0 Å². The number of likely N-dealkylation sites (N-methyl/N-ethyl adjacent to an activating group) is 1. The van der Waals surface area contributed by atoms with Crippen LogP contribution in [0.2, 0.25) is 0 Å². The normalized spacial score (nSPS) is 19.9. The topological polar surface area (TPSA) is 43.9 Å². The summed E-state index contributed by atoms with van der Waals surface area (Å²) in [6.45, 7) is 2.32. The van der Waals surface area contributed by atoms with Gasteiger partial charge in [-0.15, -0.1) is 0 Å². The molecule has 1 fully saturated rings. The van der Waals surface area contributed by atoms with Gasteiger partial charge in [-0.2, -0.15) is 0 Å². The molecule has 1 aliphatic heterocycles. The van der Waals surface area contributed by atoms with Crippen LogP contribution in [0.3, 0.4) is 0 Å².